The lowest BCUT2D eigenvalue weighted by atomic mass is 9.87. The first kappa shape index (κ1) is 25.7. The van der Waals surface area contributed by atoms with E-state index in [-0.39, 0.29) is 11.0 Å². The molecule has 0 heterocycles. The fourth-order valence-electron chi connectivity index (χ4n) is 2.85. The van der Waals surface area contributed by atoms with Gasteiger partial charge in [-0.1, -0.05) is 56.6 Å². The predicted molar refractivity (Wildman–Crippen MR) is 130 cm³/mol. The molecule has 2 amide bonds. The summed E-state index contributed by atoms with van der Waals surface area (Å²) in [6.45, 7) is 5.88. The second-order valence-corrected chi connectivity index (χ2v) is 9.66. The average molecular weight is 477 g/mol. The fourth-order valence-corrected chi connectivity index (χ4v) is 3.55. The molecule has 0 saturated carbocycles. The molecule has 0 aromatic heterocycles. The van der Waals surface area contributed by atoms with E-state index >= 15 is 0 Å². The average Bonchev–Trinajstić information content (AvgIpc) is 2.74. The molecule has 6 nitrogen and oxygen atoms in total. The van der Waals surface area contributed by atoms with Crippen molar-refractivity contribution < 1.29 is 19.1 Å². The van der Waals surface area contributed by atoms with Gasteiger partial charge in [-0.3, -0.25) is 9.59 Å². The molecule has 2 N–H and O–H groups in total. The van der Waals surface area contributed by atoms with Crippen LogP contribution in [-0.4, -0.2) is 42.4 Å². The lowest BCUT2D eigenvalue weighted by Crippen LogP contribution is -2.43. The summed E-state index contributed by atoms with van der Waals surface area (Å²) in [4.78, 5) is 37.3. The van der Waals surface area contributed by atoms with Gasteiger partial charge in [-0.25, -0.2) is 4.79 Å². The van der Waals surface area contributed by atoms with E-state index in [0.29, 0.717) is 22.9 Å². The molecule has 0 aliphatic rings. The number of anilines is 1. The van der Waals surface area contributed by atoms with E-state index in [1.807, 2.05) is 30.5 Å². The maximum Gasteiger partial charge on any atom is 0.329 e. The van der Waals surface area contributed by atoms with Crippen LogP contribution < -0.4 is 10.6 Å². The standard InChI is InChI=1S/C24H29ClN2O4S/c1-24(2,3)16-9-11-17(12-10-16)26-21(28)15-31-23(30)20(13-14-32-4)27-22(29)18-7-5-6-8-19(18)25/h5-12,20H,13-15H2,1-4H3,(H,26,28)(H,27,29). The van der Waals surface area contributed by atoms with Gasteiger partial charge in [0.05, 0.1) is 10.6 Å². The maximum absolute atomic E-state index is 12.6. The van der Waals surface area contributed by atoms with Crippen LogP contribution >= 0.6 is 23.4 Å². The highest BCUT2D eigenvalue weighted by Crippen LogP contribution is 2.23. The van der Waals surface area contributed by atoms with E-state index in [4.69, 9.17) is 16.3 Å². The van der Waals surface area contributed by atoms with Gasteiger partial charge in [0, 0.05) is 5.69 Å². The highest BCUT2D eigenvalue weighted by Gasteiger charge is 2.24. The smallest absolute Gasteiger partial charge is 0.329 e. The van der Waals surface area contributed by atoms with Crippen LogP contribution in [-0.2, 0) is 19.7 Å². The van der Waals surface area contributed by atoms with Crippen LogP contribution in [0.3, 0.4) is 0 Å². The molecule has 8 heteroatoms. The largest absolute Gasteiger partial charge is 0.454 e. The summed E-state index contributed by atoms with van der Waals surface area (Å²) in [5.41, 5.74) is 2.04. The van der Waals surface area contributed by atoms with Crippen LogP contribution in [0.25, 0.3) is 0 Å². The Morgan fingerprint density at radius 3 is 2.31 bits per heavy atom. The van der Waals surface area contributed by atoms with Crippen LogP contribution in [0.2, 0.25) is 5.02 Å². The Hall–Kier alpha value is -2.51. The lowest BCUT2D eigenvalue weighted by Gasteiger charge is -2.19. The monoisotopic (exact) mass is 476 g/mol. The van der Waals surface area contributed by atoms with Crippen molar-refractivity contribution in [2.24, 2.45) is 0 Å². The molecular weight excluding hydrogens is 448 g/mol. The SMILES string of the molecule is CSCCC(NC(=O)c1ccccc1Cl)C(=O)OCC(=O)Nc1ccc(C(C)(C)C)cc1. The van der Waals surface area contributed by atoms with E-state index in [1.54, 1.807) is 24.3 Å². The van der Waals surface area contributed by atoms with Crippen molar-refractivity contribution in [2.75, 3.05) is 23.9 Å². The van der Waals surface area contributed by atoms with Crippen LogP contribution in [0.1, 0.15) is 43.1 Å². The molecule has 172 valence electrons. The summed E-state index contributed by atoms with van der Waals surface area (Å²) < 4.78 is 5.17. The zero-order valence-electron chi connectivity index (χ0n) is 18.7. The third kappa shape index (κ3) is 7.88. The summed E-state index contributed by atoms with van der Waals surface area (Å²) >= 11 is 7.60. The molecule has 0 fully saturated rings. The number of thioether (sulfide) groups is 1. The van der Waals surface area contributed by atoms with Crippen LogP contribution in [0, 0.1) is 0 Å². The minimum absolute atomic E-state index is 0.0122. The molecule has 32 heavy (non-hydrogen) atoms. The van der Waals surface area contributed by atoms with Gasteiger partial charge in [0.1, 0.15) is 6.04 Å². The molecule has 0 bridgehead atoms. The first-order chi connectivity index (χ1) is 15.1. The van der Waals surface area contributed by atoms with Crippen molar-refractivity contribution >= 4 is 46.8 Å². The highest BCUT2D eigenvalue weighted by atomic mass is 35.5. The highest BCUT2D eigenvalue weighted by molar-refractivity contribution is 7.98. The van der Waals surface area contributed by atoms with Gasteiger partial charge in [0.2, 0.25) is 0 Å². The lowest BCUT2D eigenvalue weighted by molar-refractivity contribution is -0.149. The number of esters is 1. The van der Waals surface area contributed by atoms with Crippen LogP contribution in [0.15, 0.2) is 48.5 Å². The number of nitrogens with one attached hydrogen (secondary N) is 2. The molecule has 0 spiro atoms. The summed E-state index contributed by atoms with van der Waals surface area (Å²) in [5.74, 6) is -0.961. The van der Waals surface area contributed by atoms with Crippen molar-refractivity contribution in [3.8, 4) is 0 Å². The topological polar surface area (TPSA) is 84.5 Å². The van der Waals surface area contributed by atoms with E-state index < -0.39 is 30.4 Å². The molecule has 0 saturated heterocycles. The summed E-state index contributed by atoms with van der Waals surface area (Å²) in [7, 11) is 0. The van der Waals surface area contributed by atoms with Gasteiger partial charge >= 0.3 is 5.97 Å². The van der Waals surface area contributed by atoms with Gasteiger partial charge in [-0.15, -0.1) is 0 Å². The quantitative estimate of drug-likeness (QED) is 0.514. The van der Waals surface area contributed by atoms with Crippen molar-refractivity contribution in [3.05, 3.63) is 64.7 Å². The molecule has 1 unspecified atom stereocenters. The van der Waals surface area contributed by atoms with E-state index in [9.17, 15) is 14.4 Å². The molecule has 2 aromatic carbocycles. The number of benzene rings is 2. The van der Waals surface area contributed by atoms with E-state index in [1.165, 1.54) is 11.8 Å². The summed E-state index contributed by atoms with van der Waals surface area (Å²) in [6, 6.07) is 13.2. The van der Waals surface area contributed by atoms with Gasteiger partial charge in [-0.2, -0.15) is 11.8 Å². The number of ether oxygens (including phenoxy) is 1. The summed E-state index contributed by atoms with van der Waals surface area (Å²) in [6.07, 6.45) is 2.27. The zero-order chi connectivity index (χ0) is 23.7. The second-order valence-electron chi connectivity index (χ2n) is 8.27. The third-order valence-electron chi connectivity index (χ3n) is 4.70. The molecule has 0 aliphatic carbocycles. The third-order valence-corrected chi connectivity index (χ3v) is 5.67. The van der Waals surface area contributed by atoms with Gasteiger partial charge in [0.25, 0.3) is 11.8 Å². The van der Waals surface area contributed by atoms with Gasteiger partial charge in [-0.05, 0) is 53.7 Å². The molecule has 1 atom stereocenters. The van der Waals surface area contributed by atoms with Crippen LogP contribution in [0.4, 0.5) is 5.69 Å². The van der Waals surface area contributed by atoms with E-state index in [0.717, 1.165) is 5.56 Å². The number of amides is 2. The normalized spacial score (nSPS) is 12.0. The Bertz CT molecular complexity index is 942. The van der Waals surface area contributed by atoms with Crippen molar-refractivity contribution in [1.82, 2.24) is 5.32 Å². The number of rotatable bonds is 9. The van der Waals surface area contributed by atoms with Gasteiger partial charge in [0.15, 0.2) is 6.61 Å². The molecule has 0 radical (unpaired) electrons. The zero-order valence-corrected chi connectivity index (χ0v) is 20.3. The first-order valence-corrected chi connectivity index (χ1v) is 12.0. The Kier molecular flexibility index (Phi) is 9.60. The van der Waals surface area contributed by atoms with E-state index in [2.05, 4.69) is 31.4 Å². The predicted octanol–water partition coefficient (Wildman–Crippen LogP) is 4.67. The molecule has 0 aliphatic heterocycles. The van der Waals surface area contributed by atoms with Crippen molar-refractivity contribution in [3.63, 3.8) is 0 Å². The molecular formula is C24H29ClN2O4S. The Balaban J connectivity index is 1.93. The number of carbonyl (C=O) groups excluding carboxylic acids is 3. The van der Waals surface area contributed by atoms with Crippen molar-refractivity contribution in [1.29, 1.82) is 0 Å². The number of hydrogen-bond acceptors (Lipinski definition) is 5. The minimum atomic E-state index is -0.884. The summed E-state index contributed by atoms with van der Waals surface area (Å²) in [5, 5.41) is 5.66. The number of carbonyl (C=O) groups is 3. The van der Waals surface area contributed by atoms with Crippen molar-refractivity contribution in [2.45, 2.75) is 38.6 Å². The number of hydrogen-bond donors (Lipinski definition) is 2. The number of halogens is 1. The Morgan fingerprint density at radius 2 is 1.72 bits per heavy atom. The second kappa shape index (κ2) is 11.9. The minimum Gasteiger partial charge on any atom is -0.454 e. The first-order valence-electron chi connectivity index (χ1n) is 10.2. The Labute approximate surface area is 198 Å². The Morgan fingerprint density at radius 1 is 1.06 bits per heavy atom. The maximum atomic E-state index is 12.6. The molecule has 2 rings (SSSR count). The van der Waals surface area contributed by atoms with Gasteiger partial charge < -0.3 is 15.4 Å². The fraction of sp³-hybridized carbons (Fsp3) is 0.375. The van der Waals surface area contributed by atoms with Crippen LogP contribution in [0.5, 0.6) is 0 Å². The molecule has 2 aromatic rings.